The van der Waals surface area contributed by atoms with Crippen LogP contribution in [-0.4, -0.2) is 9.55 Å². The number of nitrogens with one attached hydrogen (secondary N) is 1. The van der Waals surface area contributed by atoms with Crippen LogP contribution in [0.3, 0.4) is 0 Å². The number of rotatable bonds is 4. The van der Waals surface area contributed by atoms with Gasteiger partial charge in [0.2, 0.25) is 0 Å². The Morgan fingerprint density at radius 3 is 2.67 bits per heavy atom. The Labute approximate surface area is 106 Å². The normalized spacial score (nSPS) is 10.6. The highest BCUT2D eigenvalue weighted by Gasteiger charge is 2.06. The molecule has 1 aromatic carbocycles. The molecule has 18 heavy (non-hydrogen) atoms. The molecular formula is C14H17N3O. The highest BCUT2D eigenvalue weighted by atomic mass is 16.1. The van der Waals surface area contributed by atoms with E-state index in [0.717, 1.165) is 5.69 Å². The van der Waals surface area contributed by atoms with E-state index in [2.05, 4.69) is 24.1 Å². The van der Waals surface area contributed by atoms with Gasteiger partial charge in [0.05, 0.1) is 0 Å². The van der Waals surface area contributed by atoms with Crippen LogP contribution in [0.2, 0.25) is 0 Å². The fourth-order valence-corrected chi connectivity index (χ4v) is 1.73. The Hall–Kier alpha value is -2.10. The van der Waals surface area contributed by atoms with Gasteiger partial charge >= 0.3 is 0 Å². The smallest absolute Gasteiger partial charge is 0.293 e. The molecule has 0 saturated carbocycles. The molecule has 0 aliphatic carbocycles. The summed E-state index contributed by atoms with van der Waals surface area (Å²) in [6, 6.07) is 9.57. The van der Waals surface area contributed by atoms with E-state index in [9.17, 15) is 4.79 Å². The lowest BCUT2D eigenvalue weighted by molar-refractivity contribution is 0.510. The molecule has 0 saturated heterocycles. The first kappa shape index (κ1) is 12.4. The molecule has 2 rings (SSSR count). The van der Waals surface area contributed by atoms with Gasteiger partial charge in [0.1, 0.15) is 0 Å². The van der Waals surface area contributed by atoms with Crippen LogP contribution < -0.4 is 10.9 Å². The van der Waals surface area contributed by atoms with E-state index in [0.29, 0.717) is 18.3 Å². The van der Waals surface area contributed by atoms with Crippen molar-refractivity contribution in [1.82, 2.24) is 9.55 Å². The average molecular weight is 243 g/mol. The predicted molar refractivity (Wildman–Crippen MR) is 73.1 cm³/mol. The Balaban J connectivity index is 2.27. The zero-order chi connectivity index (χ0) is 13.0. The number of benzene rings is 1. The first-order chi connectivity index (χ1) is 8.66. The largest absolute Gasteiger partial charge is 0.336 e. The number of hydrogen-bond donors (Lipinski definition) is 1. The average Bonchev–Trinajstić information content (AvgIpc) is 2.35. The Kier molecular flexibility index (Phi) is 3.77. The topological polar surface area (TPSA) is 46.9 Å². The minimum absolute atomic E-state index is 0.0879. The van der Waals surface area contributed by atoms with Gasteiger partial charge in [-0.25, -0.2) is 4.98 Å². The third kappa shape index (κ3) is 2.97. The lowest BCUT2D eigenvalue weighted by atomic mass is 10.2. The van der Waals surface area contributed by atoms with Gasteiger partial charge in [0.25, 0.3) is 5.56 Å². The number of nitrogens with zero attached hydrogens (tertiary/aromatic N) is 2. The number of para-hydroxylation sites is 1. The summed E-state index contributed by atoms with van der Waals surface area (Å²) in [4.78, 5) is 16.2. The van der Waals surface area contributed by atoms with Crippen molar-refractivity contribution in [3.63, 3.8) is 0 Å². The molecular weight excluding hydrogens is 226 g/mol. The molecule has 4 heteroatoms. The van der Waals surface area contributed by atoms with Crippen LogP contribution in [0.15, 0.2) is 47.5 Å². The van der Waals surface area contributed by atoms with Gasteiger partial charge in [-0.2, -0.15) is 0 Å². The van der Waals surface area contributed by atoms with Gasteiger partial charge in [-0.1, -0.05) is 32.0 Å². The van der Waals surface area contributed by atoms with Crippen molar-refractivity contribution in [2.75, 3.05) is 5.32 Å². The summed E-state index contributed by atoms with van der Waals surface area (Å²) in [7, 11) is 0. The molecule has 0 spiro atoms. The van der Waals surface area contributed by atoms with Crippen molar-refractivity contribution >= 4 is 11.5 Å². The minimum atomic E-state index is -0.0879. The van der Waals surface area contributed by atoms with Gasteiger partial charge in [-0.05, 0) is 18.1 Å². The zero-order valence-corrected chi connectivity index (χ0v) is 10.6. The van der Waals surface area contributed by atoms with Crippen LogP contribution in [-0.2, 0) is 6.54 Å². The number of anilines is 2. The highest BCUT2D eigenvalue weighted by Crippen LogP contribution is 2.10. The SMILES string of the molecule is CC(C)Cn1ccnc(Nc2ccccc2)c1=O. The van der Waals surface area contributed by atoms with Crippen molar-refractivity contribution in [2.45, 2.75) is 20.4 Å². The van der Waals surface area contributed by atoms with E-state index >= 15 is 0 Å². The molecule has 2 aromatic rings. The Morgan fingerprint density at radius 1 is 1.28 bits per heavy atom. The maximum Gasteiger partial charge on any atom is 0.293 e. The molecule has 0 aliphatic heterocycles. The lowest BCUT2D eigenvalue weighted by Crippen LogP contribution is -2.24. The molecule has 4 nitrogen and oxygen atoms in total. The number of aromatic nitrogens is 2. The van der Waals surface area contributed by atoms with Crippen molar-refractivity contribution in [3.8, 4) is 0 Å². The van der Waals surface area contributed by atoms with Crippen molar-refractivity contribution in [2.24, 2.45) is 5.92 Å². The molecule has 94 valence electrons. The maximum absolute atomic E-state index is 12.1. The van der Waals surface area contributed by atoms with E-state index < -0.39 is 0 Å². The van der Waals surface area contributed by atoms with E-state index in [4.69, 9.17) is 0 Å². The van der Waals surface area contributed by atoms with Crippen LogP contribution >= 0.6 is 0 Å². The predicted octanol–water partition coefficient (Wildman–Crippen LogP) is 2.64. The fourth-order valence-electron chi connectivity index (χ4n) is 1.73. The summed E-state index contributed by atoms with van der Waals surface area (Å²) in [5, 5.41) is 3.04. The van der Waals surface area contributed by atoms with E-state index in [1.165, 1.54) is 0 Å². The first-order valence-electron chi connectivity index (χ1n) is 6.04. The quantitative estimate of drug-likeness (QED) is 0.898. The van der Waals surface area contributed by atoms with E-state index in [1.807, 2.05) is 30.3 Å². The van der Waals surface area contributed by atoms with Crippen LogP contribution in [0, 0.1) is 5.92 Å². The summed E-state index contributed by atoms with van der Waals surface area (Å²) in [6.45, 7) is 4.86. The van der Waals surface area contributed by atoms with Crippen molar-refractivity contribution in [1.29, 1.82) is 0 Å². The molecule has 0 radical (unpaired) electrons. The monoisotopic (exact) mass is 243 g/mol. The fraction of sp³-hybridized carbons (Fsp3) is 0.286. The number of hydrogen-bond acceptors (Lipinski definition) is 3. The van der Waals surface area contributed by atoms with Crippen LogP contribution in [0.4, 0.5) is 11.5 Å². The van der Waals surface area contributed by atoms with E-state index in [1.54, 1.807) is 17.0 Å². The van der Waals surface area contributed by atoms with Crippen molar-refractivity contribution < 1.29 is 0 Å². The molecule has 0 fully saturated rings. The summed E-state index contributed by atoms with van der Waals surface area (Å²) < 4.78 is 1.68. The van der Waals surface area contributed by atoms with Crippen LogP contribution in [0.1, 0.15) is 13.8 Å². The summed E-state index contributed by atoms with van der Waals surface area (Å²) in [6.07, 6.45) is 3.37. The summed E-state index contributed by atoms with van der Waals surface area (Å²) in [5.41, 5.74) is 0.777. The van der Waals surface area contributed by atoms with Gasteiger partial charge in [0, 0.05) is 24.6 Å². The zero-order valence-electron chi connectivity index (χ0n) is 10.6. The molecule has 0 bridgehead atoms. The second kappa shape index (κ2) is 5.49. The van der Waals surface area contributed by atoms with Crippen molar-refractivity contribution in [3.05, 3.63) is 53.1 Å². The molecule has 0 aliphatic rings. The third-order valence-corrected chi connectivity index (χ3v) is 2.51. The van der Waals surface area contributed by atoms with Gasteiger partial charge in [0.15, 0.2) is 5.82 Å². The second-order valence-electron chi connectivity index (χ2n) is 4.62. The van der Waals surface area contributed by atoms with E-state index in [-0.39, 0.29) is 5.56 Å². The first-order valence-corrected chi connectivity index (χ1v) is 6.04. The summed E-state index contributed by atoms with van der Waals surface area (Å²) >= 11 is 0. The molecule has 0 unspecified atom stereocenters. The van der Waals surface area contributed by atoms with Gasteiger partial charge < -0.3 is 9.88 Å². The lowest BCUT2D eigenvalue weighted by Gasteiger charge is -2.10. The Bertz CT molecular complexity index is 561. The molecule has 0 amide bonds. The highest BCUT2D eigenvalue weighted by molar-refractivity contribution is 5.54. The minimum Gasteiger partial charge on any atom is -0.336 e. The van der Waals surface area contributed by atoms with Crippen LogP contribution in [0.5, 0.6) is 0 Å². The van der Waals surface area contributed by atoms with Crippen LogP contribution in [0.25, 0.3) is 0 Å². The maximum atomic E-state index is 12.1. The molecule has 0 atom stereocenters. The Morgan fingerprint density at radius 2 is 2.00 bits per heavy atom. The third-order valence-electron chi connectivity index (χ3n) is 2.51. The summed E-state index contributed by atoms with van der Waals surface area (Å²) in [5.74, 6) is 0.791. The van der Waals surface area contributed by atoms with Gasteiger partial charge in [-0.15, -0.1) is 0 Å². The molecule has 1 N–H and O–H groups in total. The second-order valence-corrected chi connectivity index (χ2v) is 4.62. The molecule has 1 heterocycles. The van der Waals surface area contributed by atoms with Gasteiger partial charge in [-0.3, -0.25) is 4.79 Å². The standard InChI is InChI=1S/C14H17N3O/c1-11(2)10-17-9-8-15-13(14(17)18)16-12-6-4-3-5-7-12/h3-9,11H,10H2,1-2H3,(H,15,16). The molecule has 1 aromatic heterocycles.